The Kier molecular flexibility index (Phi) is 11.9. The zero-order valence-electron chi connectivity index (χ0n) is 27.5. The van der Waals surface area contributed by atoms with Crippen molar-refractivity contribution < 1.29 is 38.4 Å². The molecule has 2 heterocycles. The van der Waals surface area contributed by atoms with E-state index in [2.05, 4.69) is 20.8 Å². The molecule has 2 aliphatic heterocycles. The van der Waals surface area contributed by atoms with Crippen molar-refractivity contribution in [3.63, 3.8) is 0 Å². The summed E-state index contributed by atoms with van der Waals surface area (Å²) in [4.78, 5) is 37.8. The highest BCUT2D eigenvalue weighted by Gasteiger charge is 2.65. The third kappa shape index (κ3) is 8.28. The molecule has 0 radical (unpaired) electrons. The summed E-state index contributed by atoms with van der Waals surface area (Å²) in [6, 6.07) is 0. The fourth-order valence-corrected chi connectivity index (χ4v) is 8.33. The molecule has 0 aromatic rings. The lowest BCUT2D eigenvalue weighted by Gasteiger charge is -2.51. The van der Waals surface area contributed by atoms with Gasteiger partial charge in [0.25, 0.3) is 0 Å². The predicted octanol–water partition coefficient (Wildman–Crippen LogP) is 6.68. The summed E-state index contributed by atoms with van der Waals surface area (Å²) in [6.07, 6.45) is 8.82. The van der Waals surface area contributed by atoms with Gasteiger partial charge in [-0.3, -0.25) is 14.4 Å². The molecule has 2 saturated heterocycles. The predicted molar refractivity (Wildman–Crippen MR) is 161 cm³/mol. The molecule has 1 N–H and O–H groups in total. The number of ether oxygens (including phenoxy) is 4. The van der Waals surface area contributed by atoms with E-state index in [4.69, 9.17) is 18.9 Å². The van der Waals surface area contributed by atoms with Gasteiger partial charge in [-0.1, -0.05) is 59.3 Å². The van der Waals surface area contributed by atoms with Crippen LogP contribution < -0.4 is 0 Å². The van der Waals surface area contributed by atoms with Gasteiger partial charge in [-0.15, -0.1) is 0 Å². The van der Waals surface area contributed by atoms with E-state index in [0.29, 0.717) is 31.6 Å². The highest BCUT2D eigenvalue weighted by atomic mass is 16.6. The Bertz CT molecular complexity index is 931. The normalized spacial score (nSPS) is 38.1. The van der Waals surface area contributed by atoms with Crippen LogP contribution in [0.2, 0.25) is 0 Å². The first kappa shape index (κ1) is 34.8. The molecule has 3 aliphatic rings. The van der Waals surface area contributed by atoms with E-state index >= 15 is 0 Å². The van der Waals surface area contributed by atoms with E-state index in [1.807, 2.05) is 13.8 Å². The largest absolute Gasteiger partial charge is 0.459 e. The van der Waals surface area contributed by atoms with E-state index in [1.165, 1.54) is 39.5 Å². The molecule has 8 nitrogen and oxygen atoms in total. The molecule has 1 aliphatic carbocycles. The molecule has 3 fully saturated rings. The van der Waals surface area contributed by atoms with Crippen LogP contribution in [-0.2, 0) is 33.3 Å². The van der Waals surface area contributed by atoms with E-state index < -0.39 is 41.1 Å². The summed E-state index contributed by atoms with van der Waals surface area (Å²) < 4.78 is 24.9. The number of hydrogen-bond donors (Lipinski definition) is 1. The Balaban J connectivity index is 1.88. The number of hydrogen-bond acceptors (Lipinski definition) is 8. The zero-order chi connectivity index (χ0) is 31.3. The van der Waals surface area contributed by atoms with Gasteiger partial charge in [-0.2, -0.15) is 0 Å². The Labute approximate surface area is 253 Å². The average molecular weight is 595 g/mol. The van der Waals surface area contributed by atoms with E-state index in [-0.39, 0.29) is 36.1 Å². The van der Waals surface area contributed by atoms with E-state index in [1.54, 1.807) is 6.92 Å². The lowest BCUT2D eigenvalue weighted by Crippen LogP contribution is -2.58. The molecular weight excluding hydrogens is 536 g/mol. The van der Waals surface area contributed by atoms with Crippen LogP contribution in [0.15, 0.2) is 0 Å². The molecule has 0 aromatic carbocycles. The Morgan fingerprint density at radius 1 is 0.881 bits per heavy atom. The average Bonchev–Trinajstić information content (AvgIpc) is 3.26. The van der Waals surface area contributed by atoms with Crippen LogP contribution in [-0.4, -0.2) is 58.1 Å². The molecule has 3 rings (SSSR count). The van der Waals surface area contributed by atoms with Crippen molar-refractivity contribution >= 4 is 17.9 Å². The van der Waals surface area contributed by atoms with Gasteiger partial charge in [-0.25, -0.2) is 0 Å². The lowest BCUT2D eigenvalue weighted by atomic mass is 9.57. The summed E-state index contributed by atoms with van der Waals surface area (Å²) in [6.45, 7) is 15.0. The van der Waals surface area contributed by atoms with Crippen LogP contribution in [0, 0.1) is 23.7 Å². The van der Waals surface area contributed by atoms with Crippen molar-refractivity contribution in [3.05, 3.63) is 0 Å². The molecule has 42 heavy (non-hydrogen) atoms. The second kappa shape index (κ2) is 14.4. The first-order valence-corrected chi connectivity index (χ1v) is 16.6. The summed E-state index contributed by atoms with van der Waals surface area (Å²) in [5, 5.41) is 11.9. The summed E-state index contributed by atoms with van der Waals surface area (Å²) >= 11 is 0. The topological polar surface area (TPSA) is 108 Å². The van der Waals surface area contributed by atoms with Crippen molar-refractivity contribution in [3.8, 4) is 0 Å². The van der Waals surface area contributed by atoms with Crippen LogP contribution in [0.4, 0.5) is 0 Å². The minimum atomic E-state index is -1.39. The highest BCUT2D eigenvalue weighted by Crippen LogP contribution is 2.58. The second-order valence-electron chi connectivity index (χ2n) is 14.4. The van der Waals surface area contributed by atoms with Gasteiger partial charge in [-0.05, 0) is 64.7 Å². The Morgan fingerprint density at radius 3 is 2.05 bits per heavy atom. The summed E-state index contributed by atoms with van der Waals surface area (Å²) in [5.74, 6) is -0.702. The monoisotopic (exact) mass is 594 g/mol. The molecule has 0 spiro atoms. The first-order chi connectivity index (χ1) is 19.6. The molecule has 0 aromatic heterocycles. The van der Waals surface area contributed by atoms with Crippen LogP contribution >= 0.6 is 0 Å². The van der Waals surface area contributed by atoms with Gasteiger partial charge in [0.1, 0.15) is 29.0 Å². The molecule has 1 saturated carbocycles. The summed E-state index contributed by atoms with van der Waals surface area (Å²) in [5.41, 5.74) is -3.19. The number of rotatable bonds is 12. The zero-order valence-corrected chi connectivity index (χ0v) is 27.5. The molecule has 0 amide bonds. The number of unbranched alkanes of at least 4 members (excludes halogenated alkanes) is 6. The van der Waals surface area contributed by atoms with Crippen LogP contribution in [0.5, 0.6) is 0 Å². The van der Waals surface area contributed by atoms with Gasteiger partial charge >= 0.3 is 17.9 Å². The smallest absolute Gasteiger partial charge is 0.306 e. The van der Waals surface area contributed by atoms with E-state index in [9.17, 15) is 19.5 Å². The maximum absolute atomic E-state index is 13.0. The first-order valence-electron chi connectivity index (χ1n) is 16.6. The number of carbonyl (C=O) groups is 3. The van der Waals surface area contributed by atoms with E-state index in [0.717, 1.165) is 25.7 Å². The highest BCUT2D eigenvalue weighted by molar-refractivity contribution is 5.69. The van der Waals surface area contributed by atoms with Crippen LogP contribution in [0.3, 0.4) is 0 Å². The third-order valence-corrected chi connectivity index (χ3v) is 10.3. The number of esters is 3. The Hall–Kier alpha value is -1.67. The molecule has 9 atom stereocenters. The van der Waals surface area contributed by atoms with Gasteiger partial charge < -0.3 is 24.1 Å². The van der Waals surface area contributed by atoms with Crippen LogP contribution in [0.25, 0.3) is 0 Å². The second-order valence-corrected chi connectivity index (χ2v) is 14.4. The third-order valence-electron chi connectivity index (χ3n) is 10.3. The van der Waals surface area contributed by atoms with Crippen molar-refractivity contribution in [2.45, 2.75) is 174 Å². The molecule has 8 heteroatoms. The van der Waals surface area contributed by atoms with Crippen molar-refractivity contribution in [2.75, 3.05) is 0 Å². The number of carbonyl (C=O) groups excluding carboxylic acids is 3. The fourth-order valence-electron chi connectivity index (χ4n) is 8.33. The number of aliphatic hydroxyl groups is 1. The lowest BCUT2D eigenvalue weighted by molar-refractivity contribution is -0.185. The minimum absolute atomic E-state index is 0.0373. The van der Waals surface area contributed by atoms with Gasteiger partial charge in [0, 0.05) is 38.5 Å². The number of fused-ring (bicyclic) bond motifs is 5. The van der Waals surface area contributed by atoms with Crippen LogP contribution in [0.1, 0.15) is 139 Å². The molecule has 0 unspecified atom stereocenters. The maximum Gasteiger partial charge on any atom is 0.306 e. The van der Waals surface area contributed by atoms with Gasteiger partial charge in [0.2, 0.25) is 0 Å². The van der Waals surface area contributed by atoms with Crippen molar-refractivity contribution in [1.82, 2.24) is 0 Å². The fraction of sp³-hybridized carbons (Fsp3) is 0.912. The summed E-state index contributed by atoms with van der Waals surface area (Å²) in [7, 11) is 0. The molecule has 2 bridgehead atoms. The SMILES string of the molecule is CCCCCCCCCC(=O)O[C@@H]1CC[C@](C)(OC(C)=O)[C@@H]2O[C@H](C[C@@]1(C)O)[C@H]1[C@@H]2[C@H](C(C)C)CC[C@]1(C)OC(C)=O. The van der Waals surface area contributed by atoms with Gasteiger partial charge in [0.15, 0.2) is 0 Å². The molecular formula is C34H58O8. The quantitative estimate of drug-likeness (QED) is 0.151. The Morgan fingerprint density at radius 2 is 1.45 bits per heavy atom. The van der Waals surface area contributed by atoms with Gasteiger partial charge in [0.05, 0.1) is 6.10 Å². The maximum atomic E-state index is 13.0. The molecule has 242 valence electrons. The minimum Gasteiger partial charge on any atom is -0.459 e. The van der Waals surface area contributed by atoms with Crippen molar-refractivity contribution in [1.29, 1.82) is 0 Å². The standard InChI is InChI=1S/C34H58O8/c1-9-10-11-12-13-14-15-16-28(37)40-27-18-20-34(8,42-24(5)36)31-29-25(22(2)3)17-19-33(7,41-23(4)35)30(29)26(39-31)21-32(27,6)38/h22,25-27,29-31,38H,9-21H2,1-8H3/t25-,26+,27+,29-,30-,31+,32+,33-,34-/m0/s1. The van der Waals surface area contributed by atoms with Crippen molar-refractivity contribution in [2.24, 2.45) is 23.7 Å².